The summed E-state index contributed by atoms with van der Waals surface area (Å²) in [5.41, 5.74) is 9.00. The van der Waals surface area contributed by atoms with Gasteiger partial charge in [-0.1, -0.05) is 56.9 Å². The van der Waals surface area contributed by atoms with Gasteiger partial charge in [0, 0.05) is 24.2 Å². The molecule has 0 spiro atoms. The second kappa shape index (κ2) is 10.7. The van der Waals surface area contributed by atoms with Crippen LogP contribution in [0, 0.1) is 10.1 Å². The molecule has 2 aromatic carbocycles. The van der Waals surface area contributed by atoms with Crippen LogP contribution in [0.5, 0.6) is 0 Å². The molecule has 0 atom stereocenters. The van der Waals surface area contributed by atoms with E-state index in [0.717, 1.165) is 25.7 Å². The van der Waals surface area contributed by atoms with Crippen molar-refractivity contribution >= 4 is 45.8 Å². The van der Waals surface area contributed by atoms with E-state index in [1.807, 2.05) is 24.3 Å². The summed E-state index contributed by atoms with van der Waals surface area (Å²) in [5, 5.41) is 18.4. The highest BCUT2D eigenvalue weighted by atomic mass is 16.6. The summed E-state index contributed by atoms with van der Waals surface area (Å²) in [6, 6.07) is 13.4. The Morgan fingerprint density at radius 3 is 2.60 bits per heavy atom. The van der Waals surface area contributed by atoms with Crippen LogP contribution in [0.1, 0.15) is 54.9 Å². The van der Waals surface area contributed by atoms with Crippen molar-refractivity contribution in [3.05, 3.63) is 69.8 Å². The summed E-state index contributed by atoms with van der Waals surface area (Å²) in [6.45, 7) is 2.69. The van der Waals surface area contributed by atoms with E-state index in [9.17, 15) is 14.9 Å². The number of carbonyl (C=O) groups excluding carboxylic acids is 1. The van der Waals surface area contributed by atoms with Gasteiger partial charge in [-0.2, -0.15) is 9.78 Å². The van der Waals surface area contributed by atoms with Crippen molar-refractivity contribution in [3.8, 4) is 0 Å². The third kappa shape index (κ3) is 5.26. The molecule has 35 heavy (non-hydrogen) atoms. The average molecular weight is 474 g/mol. The molecule has 0 unspecified atom stereocenters. The standard InChI is InChI=1S/C25H27N7O3/c1-2-3-4-5-8-14-27-25(33)21-22-24(30-20-13-7-6-12-19(20)29-22)31(23(21)26)28-16-17-10-9-11-18(15-17)32(34)35/h6-7,9-13,15-16H,2-5,8,14,26H2,1H3,(H,27,33)/b28-16+. The Bertz CT molecular complexity index is 1410. The van der Waals surface area contributed by atoms with Gasteiger partial charge in [-0.05, 0) is 18.6 Å². The lowest BCUT2D eigenvalue weighted by molar-refractivity contribution is -0.384. The van der Waals surface area contributed by atoms with Crippen LogP contribution in [-0.4, -0.2) is 38.2 Å². The zero-order valence-electron chi connectivity index (χ0n) is 19.5. The van der Waals surface area contributed by atoms with Gasteiger partial charge in [0.25, 0.3) is 11.6 Å². The highest BCUT2D eigenvalue weighted by Crippen LogP contribution is 2.28. The van der Waals surface area contributed by atoms with E-state index < -0.39 is 4.92 Å². The molecule has 3 N–H and O–H groups in total. The van der Waals surface area contributed by atoms with Crippen LogP contribution in [0.3, 0.4) is 0 Å². The Balaban J connectivity index is 1.71. The molecule has 0 aliphatic rings. The van der Waals surface area contributed by atoms with Crippen molar-refractivity contribution in [1.82, 2.24) is 20.0 Å². The number of rotatable bonds is 10. The minimum absolute atomic E-state index is 0.0518. The molecule has 1 amide bonds. The fraction of sp³-hybridized carbons (Fsp3) is 0.280. The smallest absolute Gasteiger partial charge is 0.270 e. The van der Waals surface area contributed by atoms with Gasteiger partial charge in [0.2, 0.25) is 0 Å². The number of carbonyl (C=O) groups is 1. The molecule has 180 valence electrons. The van der Waals surface area contributed by atoms with E-state index in [2.05, 4.69) is 27.3 Å². The monoisotopic (exact) mass is 473 g/mol. The number of non-ortho nitro benzene ring substituents is 1. The molecule has 0 bridgehead atoms. The van der Waals surface area contributed by atoms with E-state index in [0.29, 0.717) is 34.3 Å². The van der Waals surface area contributed by atoms with E-state index in [1.54, 1.807) is 12.1 Å². The molecule has 0 fully saturated rings. The summed E-state index contributed by atoms with van der Waals surface area (Å²) in [7, 11) is 0. The van der Waals surface area contributed by atoms with Gasteiger partial charge < -0.3 is 11.1 Å². The zero-order valence-corrected chi connectivity index (χ0v) is 19.5. The minimum Gasteiger partial charge on any atom is -0.383 e. The number of para-hydroxylation sites is 2. The van der Waals surface area contributed by atoms with Crippen molar-refractivity contribution in [2.75, 3.05) is 12.3 Å². The van der Waals surface area contributed by atoms with E-state index in [4.69, 9.17) is 5.73 Å². The third-order valence-electron chi connectivity index (χ3n) is 5.67. The van der Waals surface area contributed by atoms with Crippen molar-refractivity contribution in [2.45, 2.75) is 39.0 Å². The first-order valence-corrected chi connectivity index (χ1v) is 11.6. The number of hydrogen-bond donors (Lipinski definition) is 2. The molecule has 10 nitrogen and oxygen atoms in total. The topological polar surface area (TPSA) is 141 Å². The number of nitrogen functional groups attached to an aromatic ring is 1. The fourth-order valence-electron chi connectivity index (χ4n) is 3.85. The number of fused-ring (bicyclic) bond motifs is 2. The second-order valence-electron chi connectivity index (χ2n) is 8.22. The van der Waals surface area contributed by atoms with Crippen LogP contribution in [0.2, 0.25) is 0 Å². The molecule has 10 heteroatoms. The Kier molecular flexibility index (Phi) is 7.30. The summed E-state index contributed by atoms with van der Waals surface area (Å²) in [4.78, 5) is 33.0. The first-order chi connectivity index (χ1) is 17.0. The molecular weight excluding hydrogens is 446 g/mol. The van der Waals surface area contributed by atoms with Crippen molar-refractivity contribution < 1.29 is 9.72 Å². The summed E-state index contributed by atoms with van der Waals surface area (Å²) < 4.78 is 1.35. The average Bonchev–Trinajstić information content (AvgIpc) is 3.13. The van der Waals surface area contributed by atoms with Gasteiger partial charge in [-0.15, -0.1) is 0 Å². The fourth-order valence-corrected chi connectivity index (χ4v) is 3.85. The number of benzene rings is 2. The van der Waals surface area contributed by atoms with Gasteiger partial charge in [0.05, 0.1) is 22.2 Å². The van der Waals surface area contributed by atoms with Crippen LogP contribution in [0.15, 0.2) is 53.6 Å². The molecule has 0 aliphatic carbocycles. The first kappa shape index (κ1) is 23.8. The van der Waals surface area contributed by atoms with Gasteiger partial charge in [-0.25, -0.2) is 9.97 Å². The maximum Gasteiger partial charge on any atom is 0.270 e. The van der Waals surface area contributed by atoms with Crippen LogP contribution < -0.4 is 11.1 Å². The molecule has 0 saturated carbocycles. The molecule has 0 radical (unpaired) electrons. The summed E-state index contributed by atoms with van der Waals surface area (Å²) >= 11 is 0. The lowest BCUT2D eigenvalue weighted by Gasteiger charge is -2.05. The molecular formula is C25H27N7O3. The number of nitrogens with two attached hydrogens (primary N) is 1. The minimum atomic E-state index is -0.473. The summed E-state index contributed by atoms with van der Waals surface area (Å²) in [6.07, 6.45) is 6.84. The zero-order chi connectivity index (χ0) is 24.8. The van der Waals surface area contributed by atoms with Gasteiger partial charge in [0.15, 0.2) is 5.65 Å². The number of unbranched alkanes of at least 4 members (excludes halogenated alkanes) is 4. The number of nitro benzene ring substituents is 1. The van der Waals surface area contributed by atoms with Crippen molar-refractivity contribution in [2.24, 2.45) is 5.10 Å². The maximum absolute atomic E-state index is 13.1. The molecule has 2 heterocycles. The first-order valence-electron chi connectivity index (χ1n) is 11.6. The Morgan fingerprint density at radius 2 is 1.86 bits per heavy atom. The van der Waals surface area contributed by atoms with Crippen LogP contribution in [0.4, 0.5) is 11.5 Å². The highest BCUT2D eigenvalue weighted by molar-refractivity contribution is 6.10. The number of amides is 1. The quantitative estimate of drug-likeness (QED) is 0.148. The number of nitrogens with zero attached hydrogens (tertiary/aromatic N) is 5. The molecule has 0 saturated heterocycles. The lowest BCUT2D eigenvalue weighted by Crippen LogP contribution is -2.25. The lowest BCUT2D eigenvalue weighted by atomic mass is 10.1. The van der Waals surface area contributed by atoms with Gasteiger partial charge in [-0.3, -0.25) is 14.9 Å². The highest BCUT2D eigenvalue weighted by Gasteiger charge is 2.24. The van der Waals surface area contributed by atoms with E-state index in [-0.39, 0.29) is 23.0 Å². The normalized spacial score (nSPS) is 11.5. The van der Waals surface area contributed by atoms with Crippen molar-refractivity contribution in [3.63, 3.8) is 0 Å². The number of anilines is 1. The molecule has 4 rings (SSSR count). The predicted molar refractivity (Wildman–Crippen MR) is 137 cm³/mol. The predicted octanol–water partition coefficient (Wildman–Crippen LogP) is 4.66. The van der Waals surface area contributed by atoms with Crippen LogP contribution in [0.25, 0.3) is 22.2 Å². The Morgan fingerprint density at radius 1 is 1.11 bits per heavy atom. The Labute approximate surface area is 202 Å². The maximum atomic E-state index is 13.1. The van der Waals surface area contributed by atoms with Crippen LogP contribution in [-0.2, 0) is 0 Å². The number of aromatic nitrogens is 3. The van der Waals surface area contributed by atoms with Crippen molar-refractivity contribution in [1.29, 1.82) is 0 Å². The van der Waals surface area contributed by atoms with Gasteiger partial charge >= 0.3 is 0 Å². The van der Waals surface area contributed by atoms with E-state index in [1.165, 1.54) is 29.4 Å². The van der Waals surface area contributed by atoms with Gasteiger partial charge in [0.1, 0.15) is 16.9 Å². The number of hydrogen-bond acceptors (Lipinski definition) is 7. The van der Waals surface area contributed by atoms with E-state index >= 15 is 0 Å². The number of nitro groups is 1. The molecule has 4 aromatic rings. The number of nitrogens with one attached hydrogen (secondary N) is 1. The summed E-state index contributed by atoms with van der Waals surface area (Å²) in [5.74, 6) is -0.239. The molecule has 0 aliphatic heterocycles. The van der Waals surface area contributed by atoms with Crippen LogP contribution >= 0.6 is 0 Å². The largest absolute Gasteiger partial charge is 0.383 e. The Hall–Kier alpha value is -4.34. The second-order valence-corrected chi connectivity index (χ2v) is 8.22. The third-order valence-corrected chi connectivity index (χ3v) is 5.67. The SMILES string of the molecule is CCCCCCCNC(=O)c1c(N)n(/N=C/c2cccc([N+](=O)[O-])c2)c2nc3ccccc3nc12. The molecule has 2 aromatic heterocycles.